The highest BCUT2D eigenvalue weighted by atomic mass is 35.5. The van der Waals surface area contributed by atoms with Gasteiger partial charge in [0.2, 0.25) is 0 Å². The maximum atomic E-state index is 6.76. The number of aryl methyl sites for hydroxylation is 1. The predicted octanol–water partition coefficient (Wildman–Crippen LogP) is 4.88. The zero-order valence-electron chi connectivity index (χ0n) is 11.5. The summed E-state index contributed by atoms with van der Waals surface area (Å²) >= 11 is 6.76. The third-order valence-electron chi connectivity index (χ3n) is 4.67. The predicted molar refractivity (Wildman–Crippen MR) is 79.7 cm³/mol. The number of rotatable bonds is 3. The van der Waals surface area contributed by atoms with Gasteiger partial charge >= 0.3 is 0 Å². The second-order valence-corrected chi connectivity index (χ2v) is 6.44. The highest BCUT2D eigenvalue weighted by Gasteiger charge is 2.27. The highest BCUT2D eigenvalue weighted by molar-refractivity contribution is 6.21. The minimum absolute atomic E-state index is 0.195. The fourth-order valence-electron chi connectivity index (χ4n) is 3.55. The van der Waals surface area contributed by atoms with Crippen LogP contribution in [0.15, 0.2) is 24.3 Å². The van der Waals surface area contributed by atoms with Gasteiger partial charge in [-0.25, -0.2) is 0 Å². The van der Waals surface area contributed by atoms with Gasteiger partial charge < -0.3 is 4.74 Å². The Morgan fingerprint density at radius 1 is 1.11 bits per heavy atom. The van der Waals surface area contributed by atoms with Gasteiger partial charge in [0.15, 0.2) is 0 Å². The summed E-state index contributed by atoms with van der Waals surface area (Å²) in [6, 6.07) is 8.72. The number of ether oxygens (including phenoxy) is 1. The first-order valence-corrected chi connectivity index (χ1v) is 8.11. The maximum Gasteiger partial charge on any atom is 0.0616 e. The molecule has 0 bridgehead atoms. The molecule has 0 amide bonds. The third-order valence-corrected chi connectivity index (χ3v) is 5.26. The van der Waals surface area contributed by atoms with E-state index in [1.165, 1.54) is 56.1 Å². The Bertz CT molecular complexity index is 411. The van der Waals surface area contributed by atoms with E-state index in [9.17, 15) is 0 Å². The molecule has 1 aliphatic carbocycles. The fraction of sp³-hybridized carbons (Fsp3) is 0.647. The van der Waals surface area contributed by atoms with E-state index in [1.54, 1.807) is 0 Å². The van der Waals surface area contributed by atoms with Crippen molar-refractivity contribution in [2.24, 2.45) is 5.92 Å². The molecule has 1 saturated heterocycles. The Morgan fingerprint density at radius 3 is 2.84 bits per heavy atom. The summed E-state index contributed by atoms with van der Waals surface area (Å²) in [6.07, 6.45) is 9.12. The average Bonchev–Trinajstić information content (AvgIpc) is 2.90. The standard InChI is InChI=1S/C17H23ClO/c18-17-14(10-11-15-8-4-12-19-15)7-3-6-13-5-1-2-9-16(13)17/h1-2,5,9,14-15,17H,3-4,6-8,10-12H2. The van der Waals surface area contributed by atoms with E-state index >= 15 is 0 Å². The lowest BCUT2D eigenvalue weighted by atomic mass is 9.90. The molecule has 2 aliphatic rings. The minimum atomic E-state index is 0.195. The lowest BCUT2D eigenvalue weighted by molar-refractivity contribution is 0.0973. The molecular formula is C17H23ClO. The zero-order chi connectivity index (χ0) is 13.1. The minimum Gasteiger partial charge on any atom is -0.378 e. The monoisotopic (exact) mass is 278 g/mol. The van der Waals surface area contributed by atoms with Crippen molar-refractivity contribution in [2.45, 2.75) is 56.4 Å². The second-order valence-electron chi connectivity index (χ2n) is 5.97. The summed E-state index contributed by atoms with van der Waals surface area (Å²) in [6.45, 7) is 0.961. The van der Waals surface area contributed by atoms with E-state index in [1.807, 2.05) is 0 Å². The molecule has 0 aromatic heterocycles. The van der Waals surface area contributed by atoms with Crippen molar-refractivity contribution in [3.63, 3.8) is 0 Å². The molecule has 3 atom stereocenters. The number of hydrogen-bond acceptors (Lipinski definition) is 1. The van der Waals surface area contributed by atoms with Crippen LogP contribution in [0, 0.1) is 5.92 Å². The Balaban J connectivity index is 1.65. The van der Waals surface area contributed by atoms with Crippen LogP contribution in [-0.2, 0) is 11.2 Å². The van der Waals surface area contributed by atoms with Crippen molar-refractivity contribution in [3.8, 4) is 0 Å². The van der Waals surface area contributed by atoms with Crippen LogP contribution in [-0.4, -0.2) is 12.7 Å². The molecule has 1 aliphatic heterocycles. The van der Waals surface area contributed by atoms with Crippen molar-refractivity contribution < 1.29 is 4.74 Å². The molecule has 1 fully saturated rings. The third kappa shape index (κ3) is 3.14. The number of alkyl halides is 1. The lowest BCUT2D eigenvalue weighted by Gasteiger charge is -2.22. The summed E-state index contributed by atoms with van der Waals surface area (Å²) < 4.78 is 5.74. The van der Waals surface area contributed by atoms with E-state index in [-0.39, 0.29) is 5.38 Å². The Hall–Kier alpha value is -0.530. The molecule has 1 aromatic rings. The summed E-state index contributed by atoms with van der Waals surface area (Å²) in [4.78, 5) is 0. The molecular weight excluding hydrogens is 256 g/mol. The van der Waals surface area contributed by atoms with E-state index in [2.05, 4.69) is 24.3 Å². The van der Waals surface area contributed by atoms with Crippen LogP contribution in [0.4, 0.5) is 0 Å². The SMILES string of the molecule is ClC1c2ccccc2CCCC1CCC1CCCO1. The maximum absolute atomic E-state index is 6.76. The normalized spacial score (nSPS) is 30.9. The van der Waals surface area contributed by atoms with Gasteiger partial charge in [0, 0.05) is 6.61 Å². The van der Waals surface area contributed by atoms with Crippen LogP contribution in [0.2, 0.25) is 0 Å². The van der Waals surface area contributed by atoms with Gasteiger partial charge in [0.25, 0.3) is 0 Å². The molecule has 3 rings (SSSR count). The van der Waals surface area contributed by atoms with Gasteiger partial charge in [0.1, 0.15) is 0 Å². The summed E-state index contributed by atoms with van der Waals surface area (Å²) in [5.41, 5.74) is 2.83. The molecule has 0 saturated carbocycles. The van der Waals surface area contributed by atoms with E-state index in [4.69, 9.17) is 16.3 Å². The highest BCUT2D eigenvalue weighted by Crippen LogP contribution is 2.40. The van der Waals surface area contributed by atoms with Crippen molar-refractivity contribution in [1.82, 2.24) is 0 Å². The molecule has 0 N–H and O–H groups in total. The lowest BCUT2D eigenvalue weighted by Crippen LogP contribution is -2.12. The molecule has 1 heterocycles. The van der Waals surface area contributed by atoms with Gasteiger partial charge in [-0.15, -0.1) is 11.6 Å². The molecule has 0 radical (unpaired) electrons. The van der Waals surface area contributed by atoms with Crippen LogP contribution in [0.1, 0.15) is 55.0 Å². The van der Waals surface area contributed by atoms with Gasteiger partial charge in [-0.2, -0.15) is 0 Å². The smallest absolute Gasteiger partial charge is 0.0616 e. The molecule has 2 heteroatoms. The van der Waals surface area contributed by atoms with Crippen LogP contribution >= 0.6 is 11.6 Å². The Morgan fingerprint density at radius 2 is 2.00 bits per heavy atom. The van der Waals surface area contributed by atoms with E-state index < -0.39 is 0 Å². The zero-order valence-corrected chi connectivity index (χ0v) is 12.2. The first-order chi connectivity index (χ1) is 9.34. The molecule has 104 valence electrons. The topological polar surface area (TPSA) is 9.23 Å². The number of hydrogen-bond donors (Lipinski definition) is 0. The Labute approximate surface area is 121 Å². The van der Waals surface area contributed by atoms with E-state index in [0.717, 1.165) is 6.61 Å². The first kappa shape index (κ1) is 13.5. The summed E-state index contributed by atoms with van der Waals surface area (Å²) in [5.74, 6) is 0.620. The van der Waals surface area contributed by atoms with Gasteiger partial charge in [-0.3, -0.25) is 0 Å². The van der Waals surface area contributed by atoms with Crippen molar-refractivity contribution in [2.75, 3.05) is 6.61 Å². The number of fused-ring (bicyclic) bond motifs is 1. The second kappa shape index (κ2) is 6.28. The van der Waals surface area contributed by atoms with Crippen LogP contribution in [0.5, 0.6) is 0 Å². The fourth-order valence-corrected chi connectivity index (χ4v) is 4.01. The largest absolute Gasteiger partial charge is 0.378 e. The van der Waals surface area contributed by atoms with Crippen LogP contribution in [0.3, 0.4) is 0 Å². The van der Waals surface area contributed by atoms with Gasteiger partial charge in [-0.1, -0.05) is 24.3 Å². The molecule has 3 unspecified atom stereocenters. The van der Waals surface area contributed by atoms with Crippen LogP contribution in [0.25, 0.3) is 0 Å². The van der Waals surface area contributed by atoms with Crippen molar-refractivity contribution >= 4 is 11.6 Å². The number of halogens is 1. The summed E-state index contributed by atoms with van der Waals surface area (Å²) in [5, 5.41) is 0.195. The number of benzene rings is 1. The average molecular weight is 279 g/mol. The molecule has 1 nitrogen and oxygen atoms in total. The van der Waals surface area contributed by atoms with Gasteiger partial charge in [0.05, 0.1) is 11.5 Å². The quantitative estimate of drug-likeness (QED) is 0.566. The van der Waals surface area contributed by atoms with Crippen molar-refractivity contribution in [3.05, 3.63) is 35.4 Å². The van der Waals surface area contributed by atoms with Gasteiger partial charge in [-0.05, 0) is 62.0 Å². The molecule has 19 heavy (non-hydrogen) atoms. The van der Waals surface area contributed by atoms with Crippen molar-refractivity contribution in [1.29, 1.82) is 0 Å². The summed E-state index contributed by atoms with van der Waals surface area (Å²) in [7, 11) is 0. The molecule has 0 spiro atoms. The van der Waals surface area contributed by atoms with Crippen LogP contribution < -0.4 is 0 Å². The Kier molecular flexibility index (Phi) is 4.45. The van der Waals surface area contributed by atoms with E-state index in [0.29, 0.717) is 12.0 Å². The molecule has 1 aromatic carbocycles. The first-order valence-electron chi connectivity index (χ1n) is 7.68.